The van der Waals surface area contributed by atoms with Crippen LogP contribution in [0.25, 0.3) is 0 Å². The van der Waals surface area contributed by atoms with E-state index in [4.69, 9.17) is 4.74 Å². The highest BCUT2D eigenvalue weighted by Gasteiger charge is 1.97. The Bertz CT molecular complexity index is 262. The number of nitrogens with one attached hydrogen (secondary N) is 1. The second kappa shape index (κ2) is 7.36. The van der Waals surface area contributed by atoms with Crippen LogP contribution in [0.3, 0.4) is 0 Å². The smallest absolute Gasteiger partial charge is 0.151 e. The van der Waals surface area contributed by atoms with Gasteiger partial charge in [0.05, 0.1) is 0 Å². The minimum Gasteiger partial charge on any atom is -0.382 e. The Morgan fingerprint density at radius 1 is 1.47 bits per heavy atom. The van der Waals surface area contributed by atoms with Crippen LogP contribution < -0.4 is 5.32 Å². The van der Waals surface area contributed by atoms with E-state index in [9.17, 15) is 0 Å². The Morgan fingerprint density at radius 3 is 3.00 bits per heavy atom. The highest BCUT2D eigenvalue weighted by atomic mass is 16.5. The third kappa shape index (κ3) is 5.49. The number of hydrogen-bond donors (Lipinski definition) is 1. The molecule has 0 atom stereocenters. The fourth-order valence-corrected chi connectivity index (χ4v) is 1.27. The molecule has 0 bridgehead atoms. The molecule has 0 radical (unpaired) electrons. The van der Waals surface area contributed by atoms with Gasteiger partial charge in [0.15, 0.2) is 5.82 Å². The molecule has 0 saturated heterocycles. The number of ether oxygens (including phenoxy) is 1. The van der Waals surface area contributed by atoms with Crippen LogP contribution in [0.1, 0.15) is 19.2 Å². The summed E-state index contributed by atoms with van der Waals surface area (Å²) in [5, 5.41) is 7.53. The lowest BCUT2D eigenvalue weighted by Gasteiger charge is -2.02. The maximum Gasteiger partial charge on any atom is 0.151 e. The van der Waals surface area contributed by atoms with Gasteiger partial charge < -0.3 is 10.1 Å². The van der Waals surface area contributed by atoms with Crippen molar-refractivity contribution in [1.29, 1.82) is 0 Å². The second-order valence-electron chi connectivity index (χ2n) is 3.38. The van der Waals surface area contributed by atoms with E-state index in [1.165, 1.54) is 0 Å². The maximum absolute atomic E-state index is 5.23. The molecule has 1 heterocycles. The minimum atomic E-state index is 0.803. The van der Waals surface area contributed by atoms with Crippen LogP contribution in [0, 0.1) is 0 Å². The van der Waals surface area contributed by atoms with E-state index in [0.717, 1.165) is 45.0 Å². The fourth-order valence-electron chi connectivity index (χ4n) is 1.27. The first-order valence-corrected chi connectivity index (χ1v) is 5.46. The van der Waals surface area contributed by atoms with Gasteiger partial charge in [-0.05, 0) is 19.9 Å². The highest BCUT2D eigenvalue weighted by molar-refractivity contribution is 4.81. The topological polar surface area (TPSA) is 52.0 Å². The van der Waals surface area contributed by atoms with Crippen molar-refractivity contribution in [3.8, 4) is 0 Å². The molecule has 5 heteroatoms. The van der Waals surface area contributed by atoms with Crippen LogP contribution in [0.5, 0.6) is 0 Å². The van der Waals surface area contributed by atoms with E-state index in [-0.39, 0.29) is 0 Å². The lowest BCUT2D eigenvalue weighted by atomic mass is 10.4. The molecule has 1 aromatic rings. The maximum atomic E-state index is 5.23. The monoisotopic (exact) mass is 212 g/mol. The van der Waals surface area contributed by atoms with E-state index in [2.05, 4.69) is 15.4 Å². The molecule has 0 aliphatic carbocycles. The SMILES string of the molecule is CCOCCCNCCc1ncn(C)n1. The Labute approximate surface area is 90.8 Å². The molecule has 0 aliphatic rings. The fraction of sp³-hybridized carbons (Fsp3) is 0.800. The van der Waals surface area contributed by atoms with Crippen LogP contribution in [-0.4, -0.2) is 41.1 Å². The summed E-state index contributed by atoms with van der Waals surface area (Å²) in [6, 6.07) is 0. The summed E-state index contributed by atoms with van der Waals surface area (Å²) in [6.07, 6.45) is 3.67. The number of aromatic nitrogens is 3. The largest absolute Gasteiger partial charge is 0.382 e. The van der Waals surface area contributed by atoms with Gasteiger partial charge in [0.25, 0.3) is 0 Å². The van der Waals surface area contributed by atoms with E-state index < -0.39 is 0 Å². The molecule has 0 fully saturated rings. The Morgan fingerprint density at radius 2 is 2.33 bits per heavy atom. The van der Waals surface area contributed by atoms with Crippen LogP contribution >= 0.6 is 0 Å². The average Bonchev–Trinajstić information content (AvgIpc) is 2.63. The summed E-state index contributed by atoms with van der Waals surface area (Å²) in [5.74, 6) is 0.898. The van der Waals surface area contributed by atoms with Crippen molar-refractivity contribution in [2.75, 3.05) is 26.3 Å². The summed E-state index contributed by atoms with van der Waals surface area (Å²) in [4.78, 5) is 4.15. The van der Waals surface area contributed by atoms with Gasteiger partial charge in [0.1, 0.15) is 6.33 Å². The molecule has 86 valence electrons. The van der Waals surface area contributed by atoms with E-state index >= 15 is 0 Å². The lowest BCUT2D eigenvalue weighted by molar-refractivity contribution is 0.145. The van der Waals surface area contributed by atoms with Gasteiger partial charge >= 0.3 is 0 Å². The van der Waals surface area contributed by atoms with E-state index in [1.54, 1.807) is 11.0 Å². The lowest BCUT2D eigenvalue weighted by Crippen LogP contribution is -2.20. The van der Waals surface area contributed by atoms with Gasteiger partial charge in [0, 0.05) is 33.2 Å². The van der Waals surface area contributed by atoms with Crippen LogP contribution in [0.4, 0.5) is 0 Å². The quantitative estimate of drug-likeness (QED) is 0.633. The summed E-state index contributed by atoms with van der Waals surface area (Å²) in [6.45, 7) is 5.58. The molecule has 0 saturated carbocycles. The molecular weight excluding hydrogens is 192 g/mol. The summed E-state index contributed by atoms with van der Waals surface area (Å²) in [7, 11) is 1.88. The molecule has 0 unspecified atom stereocenters. The second-order valence-corrected chi connectivity index (χ2v) is 3.38. The van der Waals surface area contributed by atoms with Gasteiger partial charge in [-0.15, -0.1) is 0 Å². The third-order valence-electron chi connectivity index (χ3n) is 2.02. The van der Waals surface area contributed by atoms with Crippen molar-refractivity contribution in [2.45, 2.75) is 19.8 Å². The predicted octanol–water partition coefficient (Wildman–Crippen LogP) is 0.374. The van der Waals surface area contributed by atoms with Crippen molar-refractivity contribution in [3.63, 3.8) is 0 Å². The standard InChI is InChI=1S/C10H20N4O/c1-3-15-8-4-6-11-7-5-10-12-9-14(2)13-10/h9,11H,3-8H2,1-2H3. The summed E-state index contributed by atoms with van der Waals surface area (Å²) >= 11 is 0. The van der Waals surface area contributed by atoms with Gasteiger partial charge in [-0.3, -0.25) is 4.68 Å². The van der Waals surface area contributed by atoms with Crippen molar-refractivity contribution < 1.29 is 4.74 Å². The van der Waals surface area contributed by atoms with Crippen molar-refractivity contribution in [2.24, 2.45) is 7.05 Å². The number of hydrogen-bond acceptors (Lipinski definition) is 4. The van der Waals surface area contributed by atoms with Crippen LogP contribution in [0.2, 0.25) is 0 Å². The van der Waals surface area contributed by atoms with Crippen LogP contribution in [0.15, 0.2) is 6.33 Å². The molecule has 5 nitrogen and oxygen atoms in total. The number of aryl methyl sites for hydroxylation is 1. The molecule has 0 spiro atoms. The van der Waals surface area contributed by atoms with Gasteiger partial charge in [0.2, 0.25) is 0 Å². The third-order valence-corrected chi connectivity index (χ3v) is 2.02. The summed E-state index contributed by atoms with van der Waals surface area (Å²) in [5.41, 5.74) is 0. The molecule has 0 aromatic carbocycles. The highest BCUT2D eigenvalue weighted by Crippen LogP contribution is 1.88. The van der Waals surface area contributed by atoms with Crippen molar-refractivity contribution >= 4 is 0 Å². The predicted molar refractivity (Wildman–Crippen MR) is 58.7 cm³/mol. The molecular formula is C10H20N4O. The molecule has 1 rings (SSSR count). The van der Waals surface area contributed by atoms with Gasteiger partial charge in [-0.25, -0.2) is 4.98 Å². The number of nitrogens with zero attached hydrogens (tertiary/aromatic N) is 3. The van der Waals surface area contributed by atoms with E-state index in [0.29, 0.717) is 0 Å². The zero-order valence-electron chi connectivity index (χ0n) is 9.57. The zero-order valence-corrected chi connectivity index (χ0v) is 9.57. The Kier molecular flexibility index (Phi) is 5.96. The van der Waals surface area contributed by atoms with Crippen LogP contribution in [-0.2, 0) is 18.2 Å². The minimum absolute atomic E-state index is 0.803. The Balaban J connectivity index is 1.93. The molecule has 1 N–H and O–H groups in total. The first-order chi connectivity index (χ1) is 7.33. The zero-order chi connectivity index (χ0) is 10.9. The van der Waals surface area contributed by atoms with Gasteiger partial charge in [-0.1, -0.05) is 0 Å². The average molecular weight is 212 g/mol. The summed E-state index contributed by atoms with van der Waals surface area (Å²) < 4.78 is 6.96. The normalized spacial score (nSPS) is 10.8. The number of rotatable bonds is 8. The Hall–Kier alpha value is -0.940. The molecule has 0 aliphatic heterocycles. The van der Waals surface area contributed by atoms with Crippen molar-refractivity contribution in [3.05, 3.63) is 12.2 Å². The first-order valence-electron chi connectivity index (χ1n) is 5.46. The molecule has 1 aromatic heterocycles. The molecule has 0 amide bonds. The first kappa shape index (κ1) is 12.1. The van der Waals surface area contributed by atoms with Crippen molar-refractivity contribution in [1.82, 2.24) is 20.1 Å². The van der Waals surface area contributed by atoms with E-state index in [1.807, 2.05) is 14.0 Å². The van der Waals surface area contributed by atoms with Gasteiger partial charge in [-0.2, -0.15) is 5.10 Å². The molecule has 15 heavy (non-hydrogen) atoms.